The zero-order valence-electron chi connectivity index (χ0n) is 15.3. The maximum Gasteiger partial charge on any atom is 0.189 e. The molecule has 0 amide bonds. The second kappa shape index (κ2) is 7.66. The van der Waals surface area contributed by atoms with E-state index < -0.39 is 0 Å². The second-order valence-electron chi connectivity index (χ2n) is 6.64. The van der Waals surface area contributed by atoms with E-state index in [1.165, 1.54) is 41.5 Å². The molecule has 1 aliphatic carbocycles. The number of aliphatic hydroxyl groups excluding tert-OH is 1. The smallest absolute Gasteiger partial charge is 0.189 e. The molecular formula is C19H24N4OS2. The van der Waals surface area contributed by atoms with Gasteiger partial charge in [-0.15, -0.1) is 11.3 Å². The van der Waals surface area contributed by atoms with Gasteiger partial charge >= 0.3 is 0 Å². The fourth-order valence-corrected chi connectivity index (χ4v) is 5.26. The summed E-state index contributed by atoms with van der Waals surface area (Å²) >= 11 is 3.23. The number of aromatic nitrogens is 3. The van der Waals surface area contributed by atoms with Crippen molar-refractivity contribution in [3.05, 3.63) is 16.8 Å². The van der Waals surface area contributed by atoms with Crippen LogP contribution in [0.4, 0.5) is 5.82 Å². The van der Waals surface area contributed by atoms with Crippen molar-refractivity contribution in [2.24, 2.45) is 0 Å². The Bertz CT molecular complexity index is 954. The van der Waals surface area contributed by atoms with Crippen molar-refractivity contribution in [2.45, 2.75) is 50.6 Å². The molecular weight excluding hydrogens is 364 g/mol. The van der Waals surface area contributed by atoms with E-state index in [0.29, 0.717) is 6.54 Å². The summed E-state index contributed by atoms with van der Waals surface area (Å²) < 4.78 is 1.06. The molecule has 0 radical (unpaired) electrons. The number of anilines is 1. The Morgan fingerprint density at radius 3 is 2.81 bits per heavy atom. The van der Waals surface area contributed by atoms with E-state index in [1.807, 2.05) is 6.26 Å². The zero-order chi connectivity index (χ0) is 18.1. The van der Waals surface area contributed by atoms with Crippen molar-refractivity contribution in [1.29, 1.82) is 0 Å². The van der Waals surface area contributed by atoms with Crippen molar-refractivity contribution < 1.29 is 5.11 Å². The highest BCUT2D eigenvalue weighted by atomic mass is 32.2. The van der Waals surface area contributed by atoms with Gasteiger partial charge in [-0.2, -0.15) is 0 Å². The largest absolute Gasteiger partial charge is 0.395 e. The minimum Gasteiger partial charge on any atom is -0.395 e. The van der Waals surface area contributed by atoms with Crippen molar-refractivity contribution in [3.8, 4) is 0 Å². The van der Waals surface area contributed by atoms with Gasteiger partial charge in [0.15, 0.2) is 5.16 Å². The summed E-state index contributed by atoms with van der Waals surface area (Å²) in [5.74, 6) is 0.818. The van der Waals surface area contributed by atoms with Crippen LogP contribution in [0.15, 0.2) is 5.16 Å². The number of unbranched alkanes of at least 4 members (excludes halogenated alkanes) is 1. The van der Waals surface area contributed by atoms with Crippen molar-refractivity contribution in [1.82, 2.24) is 15.0 Å². The van der Waals surface area contributed by atoms with E-state index in [9.17, 15) is 5.11 Å². The lowest BCUT2D eigenvalue weighted by atomic mass is 10.0. The third-order valence-corrected chi connectivity index (χ3v) is 6.58. The molecule has 0 saturated heterocycles. The Labute approximate surface area is 161 Å². The van der Waals surface area contributed by atoms with Gasteiger partial charge in [-0.05, 0) is 49.5 Å². The summed E-state index contributed by atoms with van der Waals surface area (Å²) in [7, 11) is 0. The van der Waals surface area contributed by atoms with E-state index in [0.717, 1.165) is 45.3 Å². The number of pyridine rings is 1. The van der Waals surface area contributed by atoms with Gasteiger partial charge in [-0.3, -0.25) is 0 Å². The van der Waals surface area contributed by atoms with Crippen LogP contribution in [0.25, 0.3) is 20.4 Å². The third-order valence-electron chi connectivity index (χ3n) is 4.95. The highest BCUT2D eigenvalue weighted by Gasteiger charge is 2.24. The summed E-state index contributed by atoms with van der Waals surface area (Å²) in [4.78, 5) is 15.6. The van der Waals surface area contributed by atoms with E-state index in [1.54, 1.807) is 23.1 Å². The standard InChI is InChI=1S/C19H24N4OS2/c1-3-4-8-13-11-6-5-7-12(11)14-15-16(26-18(14)21-13)17(20-9-10-24)23-19(22-15)25-2/h24H,3-10H2,1-2H3,(H,20,22,23). The van der Waals surface area contributed by atoms with E-state index in [4.69, 9.17) is 9.97 Å². The van der Waals surface area contributed by atoms with Gasteiger partial charge in [0.1, 0.15) is 10.6 Å². The van der Waals surface area contributed by atoms with Gasteiger partial charge in [0.05, 0.1) is 16.8 Å². The van der Waals surface area contributed by atoms with Crippen LogP contribution >= 0.6 is 23.1 Å². The number of nitrogens with one attached hydrogen (secondary N) is 1. The first-order valence-corrected chi connectivity index (χ1v) is 11.3. The number of thioether (sulfide) groups is 1. The maximum atomic E-state index is 9.19. The average Bonchev–Trinajstić information content (AvgIpc) is 3.27. The molecule has 5 nitrogen and oxygen atoms in total. The molecule has 3 heterocycles. The number of hydrogen-bond donors (Lipinski definition) is 2. The number of nitrogens with zero attached hydrogens (tertiary/aromatic N) is 3. The Morgan fingerprint density at radius 2 is 2.04 bits per heavy atom. The van der Waals surface area contributed by atoms with Gasteiger partial charge in [0, 0.05) is 17.6 Å². The minimum absolute atomic E-state index is 0.0831. The third kappa shape index (κ3) is 3.06. The molecule has 0 spiro atoms. The van der Waals surface area contributed by atoms with Crippen molar-refractivity contribution in [3.63, 3.8) is 0 Å². The van der Waals surface area contributed by atoms with E-state index >= 15 is 0 Å². The number of hydrogen-bond acceptors (Lipinski definition) is 7. The van der Waals surface area contributed by atoms with Gasteiger partial charge in [-0.25, -0.2) is 15.0 Å². The molecule has 0 aliphatic heterocycles. The lowest BCUT2D eigenvalue weighted by molar-refractivity contribution is 0.311. The first-order valence-electron chi connectivity index (χ1n) is 9.30. The number of thiophene rings is 1. The monoisotopic (exact) mass is 388 g/mol. The molecule has 1 aliphatic rings. The second-order valence-corrected chi connectivity index (χ2v) is 8.41. The van der Waals surface area contributed by atoms with Crippen LogP contribution in [-0.2, 0) is 19.3 Å². The highest BCUT2D eigenvalue weighted by molar-refractivity contribution is 7.98. The average molecular weight is 389 g/mol. The van der Waals surface area contributed by atoms with Crippen LogP contribution < -0.4 is 5.32 Å². The fourth-order valence-electron chi connectivity index (χ4n) is 3.76. The van der Waals surface area contributed by atoms with Crippen LogP contribution in [0.1, 0.15) is 43.0 Å². The van der Waals surface area contributed by atoms with E-state index in [2.05, 4.69) is 17.2 Å². The number of rotatable bonds is 7. The molecule has 7 heteroatoms. The number of aryl methyl sites for hydroxylation is 2. The molecule has 26 heavy (non-hydrogen) atoms. The van der Waals surface area contributed by atoms with Gasteiger partial charge in [-0.1, -0.05) is 25.1 Å². The molecule has 0 fully saturated rings. The molecule has 138 valence electrons. The topological polar surface area (TPSA) is 70.9 Å². The molecule has 0 aromatic carbocycles. The van der Waals surface area contributed by atoms with Gasteiger partial charge < -0.3 is 10.4 Å². The summed E-state index contributed by atoms with van der Waals surface area (Å²) in [6.07, 6.45) is 8.93. The zero-order valence-corrected chi connectivity index (χ0v) is 16.9. The Morgan fingerprint density at radius 1 is 1.19 bits per heavy atom. The predicted molar refractivity (Wildman–Crippen MR) is 111 cm³/mol. The van der Waals surface area contributed by atoms with Crippen LogP contribution in [0.3, 0.4) is 0 Å². The normalized spacial score (nSPS) is 13.7. The molecule has 2 N–H and O–H groups in total. The first-order chi connectivity index (χ1) is 12.8. The SMILES string of the molecule is CCCCc1nc2sc3c(NCCO)nc(SC)nc3c2c2c1CCC2. The van der Waals surface area contributed by atoms with Crippen LogP contribution in [0.5, 0.6) is 0 Å². The molecule has 3 aromatic rings. The fraction of sp³-hybridized carbons (Fsp3) is 0.526. The summed E-state index contributed by atoms with van der Waals surface area (Å²) in [5.41, 5.74) is 5.25. The highest BCUT2D eigenvalue weighted by Crippen LogP contribution is 2.42. The molecule has 0 atom stereocenters. The maximum absolute atomic E-state index is 9.19. The number of aliphatic hydroxyl groups is 1. The lowest BCUT2D eigenvalue weighted by Crippen LogP contribution is -2.07. The summed E-state index contributed by atoms with van der Waals surface area (Å²) in [6.45, 7) is 2.80. The molecule has 4 rings (SSSR count). The van der Waals surface area contributed by atoms with Crippen LogP contribution in [0, 0.1) is 0 Å². The van der Waals surface area contributed by atoms with Crippen LogP contribution in [0.2, 0.25) is 0 Å². The molecule has 0 bridgehead atoms. The van der Waals surface area contributed by atoms with Crippen LogP contribution in [-0.4, -0.2) is 39.5 Å². The van der Waals surface area contributed by atoms with Crippen molar-refractivity contribution >= 4 is 49.3 Å². The van der Waals surface area contributed by atoms with Gasteiger partial charge in [0.2, 0.25) is 0 Å². The minimum atomic E-state index is 0.0831. The predicted octanol–water partition coefficient (Wildman–Crippen LogP) is 4.20. The summed E-state index contributed by atoms with van der Waals surface area (Å²) in [6, 6.07) is 0. The molecule has 0 saturated carbocycles. The Hall–Kier alpha value is -1.44. The van der Waals surface area contributed by atoms with Crippen molar-refractivity contribution in [2.75, 3.05) is 24.7 Å². The summed E-state index contributed by atoms with van der Waals surface area (Å²) in [5, 5.41) is 14.5. The Kier molecular flexibility index (Phi) is 5.29. The first kappa shape index (κ1) is 17.9. The molecule has 0 unspecified atom stereocenters. The molecule has 3 aromatic heterocycles. The lowest BCUT2D eigenvalue weighted by Gasteiger charge is -2.09. The quantitative estimate of drug-likeness (QED) is 0.467. The Balaban J connectivity index is 1.97. The van der Waals surface area contributed by atoms with E-state index in [-0.39, 0.29) is 6.61 Å². The number of fused-ring (bicyclic) bond motifs is 5. The van der Waals surface area contributed by atoms with Gasteiger partial charge in [0.25, 0.3) is 0 Å².